The molecule has 6 nitrogen and oxygen atoms in total. The minimum atomic E-state index is -1.22. The standard InChI is InChI=1S/C15H15BrO6/c1-2-10(9-13(17)18)15(20)21-8-7-14(19)22-12-5-3-11(16)4-6-12/h3-6,9H,2,7-8H2,1H3,(H,17,18)/b10-9+. The highest BCUT2D eigenvalue weighted by molar-refractivity contribution is 9.10. The Hall–Kier alpha value is -2.15. The van der Waals surface area contributed by atoms with Crippen LogP contribution in [0.2, 0.25) is 0 Å². The molecule has 1 aromatic carbocycles. The summed E-state index contributed by atoms with van der Waals surface area (Å²) in [5, 5.41) is 8.60. The van der Waals surface area contributed by atoms with Crippen molar-refractivity contribution in [2.75, 3.05) is 6.61 Å². The van der Waals surface area contributed by atoms with E-state index >= 15 is 0 Å². The molecule has 1 aromatic rings. The lowest BCUT2D eigenvalue weighted by molar-refractivity contribution is -0.143. The van der Waals surface area contributed by atoms with E-state index in [0.717, 1.165) is 10.5 Å². The number of aliphatic carboxylic acids is 1. The van der Waals surface area contributed by atoms with Crippen LogP contribution in [-0.2, 0) is 19.1 Å². The zero-order valence-electron chi connectivity index (χ0n) is 11.9. The molecule has 0 aliphatic heterocycles. The number of carbonyl (C=O) groups is 3. The van der Waals surface area contributed by atoms with Crippen LogP contribution in [0.3, 0.4) is 0 Å². The summed E-state index contributed by atoms with van der Waals surface area (Å²) in [6, 6.07) is 6.71. The van der Waals surface area contributed by atoms with Crippen molar-refractivity contribution in [1.82, 2.24) is 0 Å². The molecule has 0 spiro atoms. The lowest BCUT2D eigenvalue weighted by Crippen LogP contribution is -2.15. The maximum Gasteiger partial charge on any atom is 0.334 e. The second-order valence-corrected chi connectivity index (χ2v) is 5.09. The third-order valence-corrected chi connectivity index (χ3v) is 3.05. The van der Waals surface area contributed by atoms with Crippen molar-refractivity contribution < 1.29 is 29.0 Å². The molecule has 0 radical (unpaired) electrons. The van der Waals surface area contributed by atoms with Crippen LogP contribution in [0.15, 0.2) is 40.4 Å². The van der Waals surface area contributed by atoms with E-state index in [9.17, 15) is 14.4 Å². The minimum Gasteiger partial charge on any atom is -0.478 e. The van der Waals surface area contributed by atoms with Crippen LogP contribution >= 0.6 is 15.9 Å². The van der Waals surface area contributed by atoms with Gasteiger partial charge in [-0.05, 0) is 30.7 Å². The molecule has 0 aromatic heterocycles. The van der Waals surface area contributed by atoms with Crippen molar-refractivity contribution in [3.63, 3.8) is 0 Å². The fourth-order valence-corrected chi connectivity index (χ4v) is 1.72. The summed E-state index contributed by atoms with van der Waals surface area (Å²) in [6.45, 7) is 1.46. The molecule has 1 N–H and O–H groups in total. The van der Waals surface area contributed by atoms with Gasteiger partial charge in [0.2, 0.25) is 0 Å². The van der Waals surface area contributed by atoms with Crippen LogP contribution in [0.4, 0.5) is 0 Å². The van der Waals surface area contributed by atoms with Gasteiger partial charge in [0.1, 0.15) is 12.4 Å². The van der Waals surface area contributed by atoms with E-state index in [0.29, 0.717) is 5.75 Å². The zero-order valence-corrected chi connectivity index (χ0v) is 13.5. The Bertz CT molecular complexity index is 576. The summed E-state index contributed by atoms with van der Waals surface area (Å²) in [7, 11) is 0. The summed E-state index contributed by atoms with van der Waals surface area (Å²) in [5.41, 5.74) is 0.0359. The number of benzene rings is 1. The Morgan fingerprint density at radius 3 is 2.41 bits per heavy atom. The van der Waals surface area contributed by atoms with Crippen molar-refractivity contribution in [1.29, 1.82) is 0 Å². The third-order valence-electron chi connectivity index (χ3n) is 2.53. The first kappa shape index (κ1) is 17.9. The van der Waals surface area contributed by atoms with E-state index in [1.54, 1.807) is 31.2 Å². The molecular weight excluding hydrogens is 356 g/mol. The molecule has 1 rings (SSSR count). The summed E-state index contributed by atoms with van der Waals surface area (Å²) >= 11 is 3.26. The molecule has 118 valence electrons. The van der Waals surface area contributed by atoms with E-state index in [1.807, 2.05) is 0 Å². The van der Waals surface area contributed by atoms with E-state index in [2.05, 4.69) is 15.9 Å². The molecule has 0 aliphatic carbocycles. The van der Waals surface area contributed by atoms with Gasteiger partial charge in [0.25, 0.3) is 0 Å². The number of carboxylic acids is 1. The topological polar surface area (TPSA) is 89.9 Å². The molecule has 22 heavy (non-hydrogen) atoms. The quantitative estimate of drug-likeness (QED) is 0.450. The van der Waals surface area contributed by atoms with Gasteiger partial charge >= 0.3 is 17.9 Å². The van der Waals surface area contributed by atoms with Gasteiger partial charge in [-0.1, -0.05) is 22.9 Å². The minimum absolute atomic E-state index is 0.0359. The maximum absolute atomic E-state index is 11.6. The van der Waals surface area contributed by atoms with Gasteiger partial charge in [0.15, 0.2) is 0 Å². The van der Waals surface area contributed by atoms with Crippen LogP contribution in [-0.4, -0.2) is 29.6 Å². The van der Waals surface area contributed by atoms with Crippen molar-refractivity contribution in [3.05, 3.63) is 40.4 Å². The van der Waals surface area contributed by atoms with Crippen LogP contribution in [0.1, 0.15) is 19.8 Å². The first-order valence-corrected chi connectivity index (χ1v) is 7.28. The van der Waals surface area contributed by atoms with Gasteiger partial charge in [0, 0.05) is 16.1 Å². The Morgan fingerprint density at radius 1 is 1.23 bits per heavy atom. The summed E-state index contributed by atoms with van der Waals surface area (Å²) in [5.74, 6) is -2.13. The number of rotatable bonds is 7. The SMILES string of the molecule is CC/C(=C\C(=O)O)C(=O)OCCC(=O)Oc1ccc(Br)cc1. The Kier molecular flexibility index (Phi) is 7.31. The lowest BCUT2D eigenvalue weighted by Gasteiger charge is -2.07. The van der Waals surface area contributed by atoms with E-state index in [4.69, 9.17) is 14.6 Å². The van der Waals surface area contributed by atoms with Crippen LogP contribution in [0, 0.1) is 0 Å². The molecule has 0 saturated heterocycles. The normalized spacial score (nSPS) is 10.9. The van der Waals surface area contributed by atoms with Gasteiger partial charge in [-0.3, -0.25) is 4.79 Å². The lowest BCUT2D eigenvalue weighted by atomic mass is 10.2. The molecular formula is C15H15BrO6. The number of halogens is 1. The summed E-state index contributed by atoms with van der Waals surface area (Å²) in [6.07, 6.45) is 0.906. The molecule has 7 heteroatoms. The number of esters is 2. The molecule has 0 aliphatic rings. The van der Waals surface area contributed by atoms with Gasteiger partial charge in [-0.2, -0.15) is 0 Å². The van der Waals surface area contributed by atoms with Crippen molar-refractivity contribution in [2.24, 2.45) is 0 Å². The van der Waals surface area contributed by atoms with Crippen LogP contribution in [0.5, 0.6) is 5.75 Å². The molecule has 0 heterocycles. The zero-order chi connectivity index (χ0) is 16.5. The molecule has 0 unspecified atom stereocenters. The Balaban J connectivity index is 2.40. The van der Waals surface area contributed by atoms with Gasteiger partial charge < -0.3 is 14.6 Å². The second-order valence-electron chi connectivity index (χ2n) is 4.18. The van der Waals surface area contributed by atoms with Crippen molar-refractivity contribution in [2.45, 2.75) is 19.8 Å². The summed E-state index contributed by atoms with van der Waals surface area (Å²) in [4.78, 5) is 33.7. The number of carbonyl (C=O) groups excluding carboxylic acids is 2. The fourth-order valence-electron chi connectivity index (χ4n) is 1.46. The number of ether oxygens (including phenoxy) is 2. The van der Waals surface area contributed by atoms with E-state index in [1.165, 1.54) is 0 Å². The highest BCUT2D eigenvalue weighted by atomic mass is 79.9. The number of carboxylic acid groups (broad SMARTS) is 1. The average molecular weight is 371 g/mol. The van der Waals surface area contributed by atoms with Gasteiger partial charge in [0.05, 0.1) is 6.42 Å². The van der Waals surface area contributed by atoms with Crippen molar-refractivity contribution in [3.8, 4) is 5.75 Å². The molecule has 0 amide bonds. The van der Waals surface area contributed by atoms with Crippen LogP contribution < -0.4 is 4.74 Å². The van der Waals surface area contributed by atoms with Crippen molar-refractivity contribution >= 4 is 33.8 Å². The predicted octanol–water partition coefficient (Wildman–Crippen LogP) is 2.71. The van der Waals surface area contributed by atoms with E-state index in [-0.39, 0.29) is 25.0 Å². The highest BCUT2D eigenvalue weighted by Crippen LogP contribution is 2.16. The van der Waals surface area contributed by atoms with E-state index < -0.39 is 17.9 Å². The third kappa shape index (κ3) is 6.53. The van der Waals surface area contributed by atoms with Crippen LogP contribution in [0.25, 0.3) is 0 Å². The Morgan fingerprint density at radius 2 is 1.86 bits per heavy atom. The molecule has 0 fully saturated rings. The predicted molar refractivity (Wildman–Crippen MR) is 81.4 cm³/mol. The molecule has 0 atom stereocenters. The number of hydrogen-bond donors (Lipinski definition) is 1. The first-order chi connectivity index (χ1) is 10.4. The molecule has 0 bridgehead atoms. The highest BCUT2D eigenvalue weighted by Gasteiger charge is 2.12. The average Bonchev–Trinajstić information content (AvgIpc) is 2.46. The van der Waals surface area contributed by atoms with Gasteiger partial charge in [-0.25, -0.2) is 9.59 Å². The van der Waals surface area contributed by atoms with Gasteiger partial charge in [-0.15, -0.1) is 0 Å². The number of hydrogen-bond acceptors (Lipinski definition) is 5. The second kappa shape index (κ2) is 8.99. The summed E-state index contributed by atoms with van der Waals surface area (Å²) < 4.78 is 10.7. The fraction of sp³-hybridized carbons (Fsp3) is 0.267. The Labute approximate surface area is 135 Å². The first-order valence-electron chi connectivity index (χ1n) is 6.49. The smallest absolute Gasteiger partial charge is 0.334 e. The molecule has 0 saturated carbocycles. The maximum atomic E-state index is 11.6. The monoisotopic (exact) mass is 370 g/mol. The largest absolute Gasteiger partial charge is 0.478 e.